The first kappa shape index (κ1) is 14.4. The van der Waals surface area contributed by atoms with Gasteiger partial charge in [0.25, 0.3) is 0 Å². The summed E-state index contributed by atoms with van der Waals surface area (Å²) in [5.41, 5.74) is 7.04. The minimum Gasteiger partial charge on any atom is -0.329 e. The van der Waals surface area contributed by atoms with Gasteiger partial charge in [-0.3, -0.25) is 4.90 Å². The molecule has 2 heterocycles. The van der Waals surface area contributed by atoms with E-state index in [-0.39, 0.29) is 6.04 Å². The van der Waals surface area contributed by atoms with Crippen LogP contribution in [-0.4, -0.2) is 34.5 Å². The number of nitrogens with zero attached hydrogens (tertiary/aromatic N) is 3. The lowest BCUT2D eigenvalue weighted by Gasteiger charge is -2.29. The Hall–Kier alpha value is -1.00. The lowest BCUT2D eigenvalue weighted by atomic mass is 9.96. The second kappa shape index (κ2) is 7.56. The molecule has 2 unspecified atom stereocenters. The van der Waals surface area contributed by atoms with Crippen LogP contribution in [0.25, 0.3) is 0 Å². The molecule has 0 amide bonds. The maximum atomic E-state index is 5.98. The molecule has 1 aromatic heterocycles. The van der Waals surface area contributed by atoms with Gasteiger partial charge in [-0.15, -0.1) is 0 Å². The predicted octanol–water partition coefficient (Wildman–Crippen LogP) is 2.38. The Morgan fingerprint density at radius 2 is 2.32 bits per heavy atom. The molecule has 0 radical (unpaired) electrons. The highest BCUT2D eigenvalue weighted by Crippen LogP contribution is 2.26. The molecule has 1 fully saturated rings. The van der Waals surface area contributed by atoms with Crippen molar-refractivity contribution in [2.45, 2.75) is 45.1 Å². The molecule has 0 saturated carbocycles. The molecule has 1 aromatic rings. The molecular formula is C15H26N4. The van der Waals surface area contributed by atoms with Crippen LogP contribution in [0, 0.1) is 5.92 Å². The molecule has 0 aliphatic carbocycles. The van der Waals surface area contributed by atoms with Crippen LogP contribution in [0.1, 0.15) is 50.8 Å². The summed E-state index contributed by atoms with van der Waals surface area (Å²) in [6.45, 7) is 5.21. The molecule has 1 aliphatic heterocycles. The van der Waals surface area contributed by atoms with Gasteiger partial charge in [-0.1, -0.05) is 19.8 Å². The van der Waals surface area contributed by atoms with Crippen LogP contribution in [0.15, 0.2) is 18.6 Å². The average Bonchev–Trinajstić information content (AvgIpc) is 2.68. The van der Waals surface area contributed by atoms with E-state index in [1.54, 1.807) is 6.33 Å². The van der Waals surface area contributed by atoms with Gasteiger partial charge >= 0.3 is 0 Å². The summed E-state index contributed by atoms with van der Waals surface area (Å²) in [6.07, 6.45) is 10.1. The van der Waals surface area contributed by atoms with Gasteiger partial charge in [0.1, 0.15) is 6.33 Å². The Morgan fingerprint density at radius 3 is 3.00 bits per heavy atom. The molecule has 4 nitrogen and oxygen atoms in total. The molecule has 2 atom stereocenters. The monoisotopic (exact) mass is 262 g/mol. The van der Waals surface area contributed by atoms with Crippen LogP contribution in [0.3, 0.4) is 0 Å². The molecule has 4 heteroatoms. The maximum absolute atomic E-state index is 5.98. The van der Waals surface area contributed by atoms with Gasteiger partial charge in [0.05, 0.1) is 11.7 Å². The first-order valence-electron chi connectivity index (χ1n) is 7.55. The van der Waals surface area contributed by atoms with Crippen molar-refractivity contribution in [2.75, 3.05) is 19.6 Å². The third kappa shape index (κ3) is 3.98. The highest BCUT2D eigenvalue weighted by molar-refractivity contribution is 5.06. The summed E-state index contributed by atoms with van der Waals surface area (Å²) in [6, 6.07) is 2.25. The zero-order valence-electron chi connectivity index (χ0n) is 12.0. The van der Waals surface area contributed by atoms with Gasteiger partial charge in [-0.2, -0.15) is 0 Å². The number of hydrogen-bond acceptors (Lipinski definition) is 4. The van der Waals surface area contributed by atoms with E-state index in [0.29, 0.717) is 6.54 Å². The van der Waals surface area contributed by atoms with Crippen LogP contribution in [-0.2, 0) is 0 Å². The molecule has 2 rings (SSSR count). The third-order valence-corrected chi connectivity index (χ3v) is 4.19. The largest absolute Gasteiger partial charge is 0.329 e. The van der Waals surface area contributed by atoms with Crippen molar-refractivity contribution in [3.63, 3.8) is 0 Å². The normalized spacial score (nSPS) is 22.9. The van der Waals surface area contributed by atoms with Crippen molar-refractivity contribution in [1.29, 1.82) is 0 Å². The Morgan fingerprint density at radius 1 is 1.42 bits per heavy atom. The summed E-state index contributed by atoms with van der Waals surface area (Å²) in [7, 11) is 0. The second-order valence-electron chi connectivity index (χ2n) is 5.51. The van der Waals surface area contributed by atoms with Crippen molar-refractivity contribution in [3.8, 4) is 0 Å². The van der Waals surface area contributed by atoms with E-state index in [9.17, 15) is 0 Å². The molecule has 2 N–H and O–H groups in total. The zero-order valence-corrected chi connectivity index (χ0v) is 12.0. The van der Waals surface area contributed by atoms with E-state index in [4.69, 9.17) is 5.73 Å². The predicted molar refractivity (Wildman–Crippen MR) is 77.6 cm³/mol. The second-order valence-corrected chi connectivity index (χ2v) is 5.51. The van der Waals surface area contributed by atoms with Crippen LogP contribution >= 0.6 is 0 Å². The minimum absolute atomic E-state index is 0.253. The summed E-state index contributed by atoms with van der Waals surface area (Å²) >= 11 is 0. The number of rotatable bonds is 5. The fraction of sp³-hybridized carbons (Fsp3) is 0.733. The third-order valence-electron chi connectivity index (χ3n) is 4.19. The van der Waals surface area contributed by atoms with Crippen LogP contribution in [0.4, 0.5) is 0 Å². The van der Waals surface area contributed by atoms with E-state index in [1.165, 1.54) is 32.1 Å². The van der Waals surface area contributed by atoms with Gasteiger partial charge in [0, 0.05) is 12.7 Å². The van der Waals surface area contributed by atoms with Crippen molar-refractivity contribution in [2.24, 2.45) is 11.7 Å². The number of aromatic nitrogens is 2. The first-order valence-corrected chi connectivity index (χ1v) is 7.55. The zero-order chi connectivity index (χ0) is 13.5. The van der Waals surface area contributed by atoms with Gasteiger partial charge in [-0.25, -0.2) is 9.97 Å². The topological polar surface area (TPSA) is 55.0 Å². The molecule has 19 heavy (non-hydrogen) atoms. The molecule has 1 aliphatic rings. The van der Waals surface area contributed by atoms with Crippen molar-refractivity contribution in [1.82, 2.24) is 14.9 Å². The number of hydrogen-bond donors (Lipinski definition) is 1. The van der Waals surface area contributed by atoms with Crippen LogP contribution in [0.2, 0.25) is 0 Å². The van der Waals surface area contributed by atoms with E-state index in [0.717, 1.165) is 24.7 Å². The summed E-state index contributed by atoms with van der Waals surface area (Å²) in [4.78, 5) is 10.9. The molecule has 0 aromatic carbocycles. The average molecular weight is 262 g/mol. The molecule has 0 spiro atoms. The summed E-state index contributed by atoms with van der Waals surface area (Å²) in [5, 5.41) is 0. The fourth-order valence-electron chi connectivity index (χ4n) is 3.15. The smallest absolute Gasteiger partial charge is 0.115 e. The SMILES string of the molecule is CCCC1CCCN(C(CN)c2ccncn2)CC1. The van der Waals surface area contributed by atoms with Crippen LogP contribution < -0.4 is 5.73 Å². The highest BCUT2D eigenvalue weighted by atomic mass is 15.2. The standard InChI is InChI=1S/C15H26N4/c1-2-4-13-5-3-9-19(10-7-13)15(11-16)14-6-8-17-12-18-14/h6,8,12-13,15H,2-5,7,9-11,16H2,1H3. The van der Waals surface area contributed by atoms with Crippen molar-refractivity contribution < 1.29 is 0 Å². The maximum Gasteiger partial charge on any atom is 0.115 e. The quantitative estimate of drug-likeness (QED) is 0.885. The van der Waals surface area contributed by atoms with E-state index >= 15 is 0 Å². The van der Waals surface area contributed by atoms with E-state index in [1.807, 2.05) is 12.3 Å². The molecular weight excluding hydrogens is 236 g/mol. The molecule has 0 bridgehead atoms. The summed E-state index contributed by atoms with van der Waals surface area (Å²) < 4.78 is 0. The number of likely N-dealkylation sites (tertiary alicyclic amines) is 1. The lowest BCUT2D eigenvalue weighted by molar-refractivity contribution is 0.202. The van der Waals surface area contributed by atoms with Gasteiger partial charge in [0.2, 0.25) is 0 Å². The number of nitrogens with two attached hydrogens (primary N) is 1. The van der Waals surface area contributed by atoms with Crippen molar-refractivity contribution >= 4 is 0 Å². The Bertz CT molecular complexity index is 354. The van der Waals surface area contributed by atoms with Gasteiger partial charge in [0.15, 0.2) is 0 Å². The lowest BCUT2D eigenvalue weighted by Crippen LogP contribution is -2.35. The Labute approximate surface area is 116 Å². The first-order chi connectivity index (χ1) is 9.35. The van der Waals surface area contributed by atoms with Gasteiger partial charge in [-0.05, 0) is 44.3 Å². The molecule has 1 saturated heterocycles. The van der Waals surface area contributed by atoms with Crippen molar-refractivity contribution in [3.05, 3.63) is 24.3 Å². The van der Waals surface area contributed by atoms with Gasteiger partial charge < -0.3 is 5.73 Å². The Balaban J connectivity index is 1.99. The van der Waals surface area contributed by atoms with Crippen LogP contribution in [0.5, 0.6) is 0 Å². The van der Waals surface area contributed by atoms with E-state index in [2.05, 4.69) is 21.8 Å². The van der Waals surface area contributed by atoms with E-state index < -0.39 is 0 Å². The fourth-order valence-corrected chi connectivity index (χ4v) is 3.15. The Kier molecular flexibility index (Phi) is 5.73. The molecule has 106 valence electrons. The minimum atomic E-state index is 0.253. The highest BCUT2D eigenvalue weighted by Gasteiger charge is 2.23. The summed E-state index contributed by atoms with van der Waals surface area (Å²) in [5.74, 6) is 0.902.